The lowest BCUT2D eigenvalue weighted by Gasteiger charge is -2.28. The van der Waals surface area contributed by atoms with Crippen LogP contribution < -0.4 is 0 Å². The molecule has 0 aliphatic carbocycles. The Balaban J connectivity index is 2.24. The number of hydrogen-bond acceptors (Lipinski definition) is 2. The van der Waals surface area contributed by atoms with Crippen molar-refractivity contribution < 1.29 is 9.47 Å². The highest BCUT2D eigenvalue weighted by Crippen LogP contribution is 2.45. The maximum atomic E-state index is 5.88. The Labute approximate surface area is 67.9 Å². The van der Waals surface area contributed by atoms with Crippen molar-refractivity contribution in [3.05, 3.63) is 0 Å². The molecule has 2 fully saturated rings. The van der Waals surface area contributed by atoms with Crippen LogP contribution >= 0.6 is 0 Å². The zero-order valence-corrected chi connectivity index (χ0v) is 7.46. The highest BCUT2D eigenvalue weighted by molar-refractivity contribution is 5.03. The Morgan fingerprint density at radius 3 is 2.45 bits per heavy atom. The summed E-state index contributed by atoms with van der Waals surface area (Å²) in [4.78, 5) is 0. The first kappa shape index (κ1) is 7.56. The van der Waals surface area contributed by atoms with Crippen molar-refractivity contribution in [1.82, 2.24) is 0 Å². The fourth-order valence-corrected chi connectivity index (χ4v) is 2.44. The van der Waals surface area contributed by atoms with Crippen molar-refractivity contribution in [3.63, 3.8) is 0 Å². The number of ether oxygens (including phenoxy) is 2. The third kappa shape index (κ3) is 0.798. The summed E-state index contributed by atoms with van der Waals surface area (Å²) in [7, 11) is 0. The van der Waals surface area contributed by atoms with Crippen LogP contribution in [-0.4, -0.2) is 24.4 Å². The second-order valence-electron chi connectivity index (χ2n) is 3.81. The summed E-state index contributed by atoms with van der Waals surface area (Å²) < 4.78 is 11.5. The van der Waals surface area contributed by atoms with E-state index in [1.54, 1.807) is 0 Å². The van der Waals surface area contributed by atoms with Crippen molar-refractivity contribution in [1.29, 1.82) is 0 Å². The smallest absolute Gasteiger partial charge is 0.0968 e. The fraction of sp³-hybridized carbons (Fsp3) is 1.00. The van der Waals surface area contributed by atoms with E-state index in [2.05, 4.69) is 20.8 Å². The van der Waals surface area contributed by atoms with Gasteiger partial charge in [0.05, 0.1) is 24.4 Å². The highest BCUT2D eigenvalue weighted by atomic mass is 16.6. The van der Waals surface area contributed by atoms with Gasteiger partial charge in [-0.2, -0.15) is 0 Å². The average Bonchev–Trinajstić information content (AvgIpc) is 2.42. The minimum atomic E-state index is 0.0596. The minimum absolute atomic E-state index is 0.0596. The molecular formula is C9H16O2. The second kappa shape index (κ2) is 2.20. The van der Waals surface area contributed by atoms with Gasteiger partial charge in [0.15, 0.2) is 0 Å². The lowest BCUT2D eigenvalue weighted by Crippen LogP contribution is -2.36. The third-order valence-electron chi connectivity index (χ3n) is 3.32. The van der Waals surface area contributed by atoms with Gasteiger partial charge in [-0.3, -0.25) is 0 Å². The van der Waals surface area contributed by atoms with Crippen LogP contribution in [0.2, 0.25) is 0 Å². The van der Waals surface area contributed by atoms with Crippen LogP contribution in [0.15, 0.2) is 0 Å². The topological polar surface area (TPSA) is 18.5 Å². The van der Waals surface area contributed by atoms with Crippen molar-refractivity contribution in [2.24, 2.45) is 5.92 Å². The molecule has 0 radical (unpaired) electrons. The maximum absolute atomic E-state index is 5.88. The molecule has 2 rings (SSSR count). The van der Waals surface area contributed by atoms with E-state index in [0.29, 0.717) is 18.1 Å². The Hall–Kier alpha value is -0.0800. The molecule has 0 N–H and O–H groups in total. The Kier molecular flexibility index (Phi) is 1.52. The predicted molar refractivity (Wildman–Crippen MR) is 42.5 cm³/mol. The van der Waals surface area contributed by atoms with E-state index in [1.165, 1.54) is 0 Å². The standard InChI is InChI=1S/C9H16O2/c1-4-9-5-10-8(6(9)2)7(3)11-9/h6-8H,4-5H2,1-3H3/t6-,7+,8+,9-/m0/s1. The average molecular weight is 156 g/mol. The van der Waals surface area contributed by atoms with E-state index in [-0.39, 0.29) is 5.60 Å². The SMILES string of the molecule is CC[C@@]12CO[C@@H]([C@@H](C)O1)[C@@H]2C. The molecule has 2 heteroatoms. The summed E-state index contributed by atoms with van der Waals surface area (Å²) in [6.07, 6.45) is 1.74. The van der Waals surface area contributed by atoms with Gasteiger partial charge in [0.25, 0.3) is 0 Å². The van der Waals surface area contributed by atoms with E-state index in [9.17, 15) is 0 Å². The Bertz CT molecular complexity index is 169. The Morgan fingerprint density at radius 1 is 1.45 bits per heavy atom. The first-order chi connectivity index (χ1) is 5.19. The molecule has 0 saturated carbocycles. The summed E-state index contributed by atoms with van der Waals surface area (Å²) in [5.74, 6) is 0.586. The van der Waals surface area contributed by atoms with Crippen LogP contribution in [0.1, 0.15) is 27.2 Å². The number of hydrogen-bond donors (Lipinski definition) is 0. The molecule has 2 saturated heterocycles. The molecule has 0 unspecified atom stereocenters. The van der Waals surface area contributed by atoms with Gasteiger partial charge in [-0.25, -0.2) is 0 Å². The second-order valence-corrected chi connectivity index (χ2v) is 3.81. The normalized spacial score (nSPS) is 55.4. The van der Waals surface area contributed by atoms with Crippen LogP contribution in [-0.2, 0) is 9.47 Å². The molecule has 0 amide bonds. The quantitative estimate of drug-likeness (QED) is 0.574. The largest absolute Gasteiger partial charge is 0.372 e. The molecular weight excluding hydrogens is 140 g/mol. The molecule has 0 aromatic heterocycles. The number of fused-ring (bicyclic) bond motifs is 2. The minimum Gasteiger partial charge on any atom is -0.372 e. The van der Waals surface area contributed by atoms with Gasteiger partial charge in [0.2, 0.25) is 0 Å². The molecule has 2 nitrogen and oxygen atoms in total. The molecule has 11 heavy (non-hydrogen) atoms. The van der Waals surface area contributed by atoms with Gasteiger partial charge in [-0.15, -0.1) is 0 Å². The lowest BCUT2D eigenvalue weighted by atomic mass is 9.88. The van der Waals surface area contributed by atoms with Crippen molar-refractivity contribution in [3.8, 4) is 0 Å². The summed E-state index contributed by atoms with van der Waals surface area (Å²) in [5, 5.41) is 0. The summed E-state index contributed by atoms with van der Waals surface area (Å²) >= 11 is 0. The molecule has 0 spiro atoms. The van der Waals surface area contributed by atoms with E-state index >= 15 is 0 Å². The van der Waals surface area contributed by atoms with E-state index in [0.717, 1.165) is 13.0 Å². The molecule has 2 heterocycles. The third-order valence-corrected chi connectivity index (χ3v) is 3.32. The molecule has 2 bridgehead atoms. The van der Waals surface area contributed by atoms with Gasteiger partial charge < -0.3 is 9.47 Å². The molecule has 2 aliphatic heterocycles. The first-order valence-electron chi connectivity index (χ1n) is 4.49. The van der Waals surface area contributed by atoms with Gasteiger partial charge >= 0.3 is 0 Å². The van der Waals surface area contributed by atoms with Crippen molar-refractivity contribution in [2.45, 2.75) is 45.0 Å². The molecule has 0 aromatic carbocycles. The first-order valence-corrected chi connectivity index (χ1v) is 4.49. The summed E-state index contributed by atoms with van der Waals surface area (Å²) in [6.45, 7) is 7.34. The Morgan fingerprint density at radius 2 is 2.18 bits per heavy atom. The lowest BCUT2D eigenvalue weighted by molar-refractivity contribution is -0.137. The number of rotatable bonds is 1. The van der Waals surface area contributed by atoms with Crippen LogP contribution in [0.4, 0.5) is 0 Å². The van der Waals surface area contributed by atoms with Crippen molar-refractivity contribution >= 4 is 0 Å². The van der Waals surface area contributed by atoms with E-state index in [1.807, 2.05) is 0 Å². The maximum Gasteiger partial charge on any atom is 0.0968 e. The summed E-state index contributed by atoms with van der Waals surface area (Å²) in [6, 6.07) is 0. The van der Waals surface area contributed by atoms with Gasteiger partial charge in [-0.05, 0) is 13.3 Å². The molecule has 0 aromatic rings. The van der Waals surface area contributed by atoms with Crippen LogP contribution in [0.3, 0.4) is 0 Å². The van der Waals surface area contributed by atoms with Gasteiger partial charge in [0, 0.05) is 5.92 Å². The zero-order valence-electron chi connectivity index (χ0n) is 7.46. The van der Waals surface area contributed by atoms with E-state index in [4.69, 9.17) is 9.47 Å². The highest BCUT2D eigenvalue weighted by Gasteiger charge is 2.56. The fourth-order valence-electron chi connectivity index (χ4n) is 2.44. The van der Waals surface area contributed by atoms with E-state index < -0.39 is 0 Å². The monoisotopic (exact) mass is 156 g/mol. The van der Waals surface area contributed by atoms with Gasteiger partial charge in [0.1, 0.15) is 0 Å². The van der Waals surface area contributed by atoms with Crippen molar-refractivity contribution in [2.75, 3.05) is 6.61 Å². The van der Waals surface area contributed by atoms with Crippen LogP contribution in [0.25, 0.3) is 0 Å². The predicted octanol–water partition coefficient (Wildman–Crippen LogP) is 1.59. The van der Waals surface area contributed by atoms with Crippen LogP contribution in [0.5, 0.6) is 0 Å². The van der Waals surface area contributed by atoms with Gasteiger partial charge in [-0.1, -0.05) is 13.8 Å². The molecule has 64 valence electrons. The zero-order chi connectivity index (χ0) is 8.06. The van der Waals surface area contributed by atoms with Crippen LogP contribution in [0, 0.1) is 5.92 Å². The molecule has 2 aliphatic rings. The summed E-state index contributed by atoms with van der Waals surface area (Å²) in [5.41, 5.74) is 0.0596. The molecule has 4 atom stereocenters.